The molecule has 1 atom stereocenters. The van der Waals surface area contributed by atoms with Crippen molar-refractivity contribution in [3.8, 4) is 0 Å². The van der Waals surface area contributed by atoms with Gasteiger partial charge in [-0.25, -0.2) is 0 Å². The number of hydrogen-bond acceptors (Lipinski definition) is 3. The molecular formula is C18H18F3N3O. The highest BCUT2D eigenvalue weighted by Crippen LogP contribution is 2.26. The lowest BCUT2D eigenvalue weighted by Crippen LogP contribution is -2.26. The lowest BCUT2D eigenvalue weighted by molar-refractivity contribution is -0.127. The molecule has 132 valence electrons. The quantitative estimate of drug-likeness (QED) is 0.889. The van der Waals surface area contributed by atoms with Crippen molar-refractivity contribution in [2.24, 2.45) is 0 Å². The van der Waals surface area contributed by atoms with E-state index in [1.54, 1.807) is 0 Å². The molecule has 25 heavy (non-hydrogen) atoms. The predicted molar refractivity (Wildman–Crippen MR) is 88.5 cm³/mol. The van der Waals surface area contributed by atoms with Crippen LogP contribution in [0.4, 0.5) is 18.9 Å². The van der Waals surface area contributed by atoms with Crippen molar-refractivity contribution >= 4 is 11.6 Å². The van der Waals surface area contributed by atoms with E-state index < -0.39 is 18.5 Å². The van der Waals surface area contributed by atoms with Gasteiger partial charge in [-0.05, 0) is 40.8 Å². The Labute approximate surface area is 143 Å². The van der Waals surface area contributed by atoms with Gasteiger partial charge in [0.2, 0.25) is 0 Å². The summed E-state index contributed by atoms with van der Waals surface area (Å²) in [6.45, 7) is 3.77. The number of nitrogens with one attached hydrogen (secondary N) is 2. The highest BCUT2D eigenvalue weighted by molar-refractivity contribution is 6.04. The van der Waals surface area contributed by atoms with Crippen molar-refractivity contribution in [1.29, 1.82) is 0 Å². The molecule has 1 aromatic carbocycles. The van der Waals surface area contributed by atoms with Crippen LogP contribution in [0.25, 0.3) is 0 Å². The van der Waals surface area contributed by atoms with Crippen molar-refractivity contribution in [2.45, 2.75) is 32.0 Å². The van der Waals surface area contributed by atoms with Crippen LogP contribution in [-0.2, 0) is 13.0 Å². The van der Waals surface area contributed by atoms with Crippen LogP contribution in [-0.4, -0.2) is 23.6 Å². The van der Waals surface area contributed by atoms with Crippen LogP contribution in [0.1, 0.15) is 39.9 Å². The molecule has 2 aromatic rings. The van der Waals surface area contributed by atoms with E-state index >= 15 is 0 Å². The lowest BCUT2D eigenvalue weighted by atomic mass is 9.92. The van der Waals surface area contributed by atoms with Crippen LogP contribution in [0.3, 0.4) is 0 Å². The van der Waals surface area contributed by atoms with Gasteiger partial charge in [-0.15, -0.1) is 0 Å². The Morgan fingerprint density at radius 1 is 1.32 bits per heavy atom. The number of carbonyl (C=O) groups excluding carboxylic acids is 1. The van der Waals surface area contributed by atoms with Crippen molar-refractivity contribution in [3.63, 3.8) is 0 Å². The number of amides is 1. The van der Waals surface area contributed by atoms with Gasteiger partial charge in [0.25, 0.3) is 5.91 Å². The highest BCUT2D eigenvalue weighted by atomic mass is 19.4. The number of hydrogen-bond donors (Lipinski definition) is 2. The molecule has 0 aliphatic carbocycles. The molecule has 1 amide bonds. The molecule has 4 nitrogen and oxygen atoms in total. The zero-order valence-corrected chi connectivity index (χ0v) is 13.7. The highest BCUT2D eigenvalue weighted by Gasteiger charge is 2.28. The molecule has 2 N–H and O–H groups in total. The molecule has 0 unspecified atom stereocenters. The second kappa shape index (κ2) is 6.84. The van der Waals surface area contributed by atoms with Gasteiger partial charge in [0.1, 0.15) is 0 Å². The molecule has 3 rings (SSSR count). The summed E-state index contributed by atoms with van der Waals surface area (Å²) >= 11 is 0. The van der Waals surface area contributed by atoms with Crippen molar-refractivity contribution < 1.29 is 18.0 Å². The Hall–Kier alpha value is -2.41. The average Bonchev–Trinajstić information content (AvgIpc) is 2.53. The normalized spacial score (nSPS) is 17.0. The van der Waals surface area contributed by atoms with Crippen LogP contribution >= 0.6 is 0 Å². The maximum absolute atomic E-state index is 12.5. The Kier molecular flexibility index (Phi) is 4.76. The molecule has 0 saturated carbocycles. The number of benzene rings is 1. The summed E-state index contributed by atoms with van der Waals surface area (Å²) in [7, 11) is 0. The largest absolute Gasteiger partial charge is 0.393 e. The number of fused-ring (bicyclic) bond motifs is 1. The minimum atomic E-state index is -4.33. The second-order valence-electron chi connectivity index (χ2n) is 6.27. The summed E-state index contributed by atoms with van der Waals surface area (Å²) in [6.07, 6.45) is -3.06. The van der Waals surface area contributed by atoms with Crippen LogP contribution in [0.5, 0.6) is 0 Å². The van der Waals surface area contributed by atoms with Gasteiger partial charge < -0.3 is 10.6 Å². The monoisotopic (exact) mass is 349 g/mol. The number of halogens is 3. The van der Waals surface area contributed by atoms with E-state index in [1.165, 1.54) is 17.8 Å². The number of aromatic nitrogens is 1. The average molecular weight is 349 g/mol. The smallest absolute Gasteiger partial charge is 0.322 e. The molecule has 0 spiro atoms. The first-order valence-electron chi connectivity index (χ1n) is 7.97. The first kappa shape index (κ1) is 17.4. The van der Waals surface area contributed by atoms with Gasteiger partial charge in [0.05, 0.1) is 12.0 Å². The summed E-state index contributed by atoms with van der Waals surface area (Å²) in [5.74, 6) is -0.0787. The van der Waals surface area contributed by atoms with Crippen molar-refractivity contribution in [2.75, 3.05) is 11.9 Å². The molecule has 0 bridgehead atoms. The van der Waals surface area contributed by atoms with E-state index in [0.717, 1.165) is 24.8 Å². The van der Waals surface area contributed by atoms with Crippen LogP contribution in [0.2, 0.25) is 0 Å². The Bertz CT molecular complexity index is 789. The van der Waals surface area contributed by atoms with E-state index in [-0.39, 0.29) is 11.1 Å². The zero-order valence-electron chi connectivity index (χ0n) is 13.7. The van der Waals surface area contributed by atoms with E-state index in [4.69, 9.17) is 0 Å². The summed E-state index contributed by atoms with van der Waals surface area (Å²) in [5.41, 5.74) is 3.03. The van der Waals surface area contributed by atoms with Crippen LogP contribution < -0.4 is 10.6 Å². The van der Waals surface area contributed by atoms with Crippen LogP contribution in [0, 0.1) is 0 Å². The molecular weight excluding hydrogens is 331 g/mol. The molecule has 1 aromatic heterocycles. The molecule has 1 aliphatic rings. The van der Waals surface area contributed by atoms with E-state index in [9.17, 15) is 18.0 Å². The number of pyridine rings is 1. The van der Waals surface area contributed by atoms with Gasteiger partial charge in [-0.1, -0.05) is 13.0 Å². The summed E-state index contributed by atoms with van der Waals surface area (Å²) in [6, 6.07) is 6.90. The molecule has 0 fully saturated rings. The summed E-state index contributed by atoms with van der Waals surface area (Å²) < 4.78 is 37.4. The Morgan fingerprint density at radius 2 is 2.12 bits per heavy atom. The summed E-state index contributed by atoms with van der Waals surface area (Å²) in [5, 5.41) is 6.03. The molecule has 7 heteroatoms. The second-order valence-corrected chi connectivity index (χ2v) is 6.27. The third-order valence-electron chi connectivity index (χ3n) is 4.16. The number of alkyl halides is 3. The summed E-state index contributed by atoms with van der Waals surface area (Å²) in [4.78, 5) is 16.1. The van der Waals surface area contributed by atoms with E-state index in [1.807, 2.05) is 18.2 Å². The van der Waals surface area contributed by atoms with Crippen LogP contribution in [0.15, 0.2) is 36.7 Å². The fourth-order valence-electron chi connectivity index (χ4n) is 2.99. The minimum Gasteiger partial charge on any atom is -0.322 e. The number of carbonyl (C=O) groups is 1. The van der Waals surface area contributed by atoms with Crippen molar-refractivity contribution in [3.05, 3.63) is 58.9 Å². The third-order valence-corrected chi connectivity index (χ3v) is 4.16. The minimum absolute atomic E-state index is 0.0383. The molecule has 0 saturated heterocycles. The maximum Gasteiger partial charge on any atom is 0.393 e. The topological polar surface area (TPSA) is 54.0 Å². The lowest BCUT2D eigenvalue weighted by Gasteiger charge is -2.24. The van der Waals surface area contributed by atoms with E-state index in [0.29, 0.717) is 11.6 Å². The van der Waals surface area contributed by atoms with Gasteiger partial charge >= 0.3 is 6.18 Å². The fraction of sp³-hybridized carbons (Fsp3) is 0.333. The van der Waals surface area contributed by atoms with Gasteiger partial charge in [0.15, 0.2) is 0 Å². The Balaban J connectivity index is 1.75. The first-order valence-corrected chi connectivity index (χ1v) is 7.97. The molecule has 0 radical (unpaired) electrons. The number of rotatable bonds is 3. The zero-order chi connectivity index (χ0) is 18.0. The van der Waals surface area contributed by atoms with Gasteiger partial charge in [-0.3, -0.25) is 9.78 Å². The van der Waals surface area contributed by atoms with Gasteiger partial charge in [-0.2, -0.15) is 13.2 Å². The third kappa shape index (κ3) is 4.36. The standard InChI is InChI=1S/C18H18F3N3O/c1-11-7-22-9-13-5-15(2-3-16(11)13)24-17(25)14-4-12(8-23-10-14)6-18(19,20)21/h2-5,8,10-11,22H,6-7,9H2,1H3,(H,24,25)/t11-/m0/s1. The van der Waals surface area contributed by atoms with Gasteiger partial charge in [0, 0.05) is 31.2 Å². The molecule has 1 aliphatic heterocycles. The SMILES string of the molecule is C[C@H]1CNCc2cc(NC(=O)c3cncc(CC(F)(F)F)c3)ccc21. The van der Waals surface area contributed by atoms with Crippen molar-refractivity contribution in [1.82, 2.24) is 10.3 Å². The maximum atomic E-state index is 12.5. The Morgan fingerprint density at radius 3 is 2.88 bits per heavy atom. The predicted octanol–water partition coefficient (Wildman–Crippen LogP) is 3.65. The first-order chi connectivity index (χ1) is 11.8. The molecule has 2 heterocycles. The fourth-order valence-corrected chi connectivity index (χ4v) is 2.99. The number of nitrogens with zero attached hydrogens (tertiary/aromatic N) is 1. The van der Waals surface area contributed by atoms with E-state index in [2.05, 4.69) is 22.5 Å². The number of anilines is 1.